The van der Waals surface area contributed by atoms with Gasteiger partial charge in [-0.15, -0.1) is 0 Å². The summed E-state index contributed by atoms with van der Waals surface area (Å²) in [6.45, 7) is 5.74. The van der Waals surface area contributed by atoms with E-state index in [9.17, 15) is 5.11 Å². The molecule has 17 heavy (non-hydrogen) atoms. The number of nitrogens with one attached hydrogen (secondary N) is 1. The van der Waals surface area contributed by atoms with Crippen LogP contribution in [0.5, 0.6) is 5.75 Å². The molecule has 0 heterocycles. The van der Waals surface area contributed by atoms with Crippen LogP contribution in [0, 0.1) is 0 Å². The first kappa shape index (κ1) is 12.4. The van der Waals surface area contributed by atoms with E-state index in [1.165, 1.54) is 11.1 Å². The molecule has 1 aromatic rings. The van der Waals surface area contributed by atoms with Crippen molar-refractivity contribution < 1.29 is 9.84 Å². The summed E-state index contributed by atoms with van der Waals surface area (Å²) in [5.41, 5.74) is 2.60. The summed E-state index contributed by atoms with van der Waals surface area (Å²) in [5, 5.41) is 13.0. The van der Waals surface area contributed by atoms with Gasteiger partial charge in [0.2, 0.25) is 0 Å². The number of benzene rings is 1. The molecule has 0 radical (unpaired) electrons. The van der Waals surface area contributed by atoms with Crippen molar-refractivity contribution in [3.63, 3.8) is 0 Å². The van der Waals surface area contributed by atoms with Gasteiger partial charge in [0.25, 0.3) is 0 Å². The third-order valence-electron chi connectivity index (χ3n) is 3.31. The summed E-state index contributed by atoms with van der Waals surface area (Å²) in [5.74, 6) is 0.368. The minimum atomic E-state index is 0.251. The molecule has 0 spiro atoms. The maximum Gasteiger partial charge on any atom is 0.115 e. The topological polar surface area (TPSA) is 41.5 Å². The van der Waals surface area contributed by atoms with Gasteiger partial charge in [-0.25, -0.2) is 0 Å². The van der Waals surface area contributed by atoms with E-state index < -0.39 is 0 Å². The van der Waals surface area contributed by atoms with Crippen LogP contribution in [-0.4, -0.2) is 24.4 Å². The van der Waals surface area contributed by atoms with Gasteiger partial charge >= 0.3 is 0 Å². The van der Waals surface area contributed by atoms with Gasteiger partial charge in [-0.1, -0.05) is 6.07 Å². The lowest BCUT2D eigenvalue weighted by Crippen LogP contribution is -2.29. The predicted octanol–water partition coefficient (Wildman–Crippen LogP) is 2.39. The molecule has 2 rings (SSSR count). The van der Waals surface area contributed by atoms with E-state index in [1.807, 2.05) is 19.1 Å². The molecule has 1 aliphatic rings. The maximum absolute atomic E-state index is 9.43. The van der Waals surface area contributed by atoms with E-state index in [-0.39, 0.29) is 6.10 Å². The summed E-state index contributed by atoms with van der Waals surface area (Å²) in [6, 6.07) is 6.09. The molecule has 3 nitrogen and oxygen atoms in total. The van der Waals surface area contributed by atoms with Gasteiger partial charge in [0.15, 0.2) is 0 Å². The molecule has 2 N–H and O–H groups in total. The van der Waals surface area contributed by atoms with Gasteiger partial charge in [-0.3, -0.25) is 0 Å². The number of rotatable bonds is 5. The first-order valence-electron chi connectivity index (χ1n) is 6.37. The van der Waals surface area contributed by atoms with Crippen molar-refractivity contribution in [2.75, 3.05) is 13.2 Å². The molecular weight excluding hydrogens is 214 g/mol. The smallest absolute Gasteiger partial charge is 0.115 e. The summed E-state index contributed by atoms with van der Waals surface area (Å²) >= 11 is 0. The van der Waals surface area contributed by atoms with Gasteiger partial charge in [0.1, 0.15) is 5.75 Å². The number of hydrogen-bond acceptors (Lipinski definition) is 3. The Kier molecular flexibility index (Phi) is 4.02. The minimum absolute atomic E-state index is 0.251. The highest BCUT2D eigenvalue weighted by Crippen LogP contribution is 2.33. The van der Waals surface area contributed by atoms with Crippen molar-refractivity contribution in [2.45, 2.75) is 38.8 Å². The Morgan fingerprint density at radius 1 is 1.53 bits per heavy atom. The average Bonchev–Trinajstić information content (AvgIpc) is 2.69. The molecule has 0 fully saturated rings. The second kappa shape index (κ2) is 5.52. The van der Waals surface area contributed by atoms with Crippen LogP contribution in [-0.2, 0) is 11.2 Å². The summed E-state index contributed by atoms with van der Waals surface area (Å²) in [7, 11) is 0. The predicted molar refractivity (Wildman–Crippen MR) is 68.3 cm³/mol. The quantitative estimate of drug-likeness (QED) is 0.823. The number of fused-ring (bicyclic) bond motifs is 1. The fourth-order valence-electron chi connectivity index (χ4n) is 2.47. The number of aromatic hydroxyl groups is 1. The molecule has 0 saturated heterocycles. The average molecular weight is 235 g/mol. The van der Waals surface area contributed by atoms with Crippen LogP contribution in [0.1, 0.15) is 37.4 Å². The Labute approximate surface area is 103 Å². The lowest BCUT2D eigenvalue weighted by atomic mass is 10.1. The zero-order chi connectivity index (χ0) is 12.3. The second-order valence-electron chi connectivity index (χ2n) is 4.65. The largest absolute Gasteiger partial charge is 0.508 e. The van der Waals surface area contributed by atoms with Gasteiger partial charge in [-0.05, 0) is 49.9 Å². The normalized spacial score (nSPS) is 20.2. The first-order valence-corrected chi connectivity index (χ1v) is 6.37. The third kappa shape index (κ3) is 2.99. The Morgan fingerprint density at radius 2 is 2.35 bits per heavy atom. The van der Waals surface area contributed by atoms with Gasteiger partial charge in [-0.2, -0.15) is 0 Å². The standard InChI is InChI=1S/C14H21NO2/c1-3-17-10(2)9-15-14-7-4-11-8-12(16)5-6-13(11)14/h5-6,8,10,14-16H,3-4,7,9H2,1-2H3. The van der Waals surface area contributed by atoms with Gasteiger partial charge in [0, 0.05) is 19.2 Å². The Morgan fingerprint density at radius 3 is 3.12 bits per heavy atom. The Hall–Kier alpha value is -1.06. The van der Waals surface area contributed by atoms with Crippen LogP contribution in [0.2, 0.25) is 0 Å². The van der Waals surface area contributed by atoms with Crippen LogP contribution < -0.4 is 5.32 Å². The van der Waals surface area contributed by atoms with Crippen LogP contribution in [0.3, 0.4) is 0 Å². The summed E-state index contributed by atoms with van der Waals surface area (Å²) in [4.78, 5) is 0. The number of phenols is 1. The van der Waals surface area contributed by atoms with Crippen molar-refractivity contribution in [2.24, 2.45) is 0 Å². The van der Waals surface area contributed by atoms with E-state index in [1.54, 1.807) is 6.07 Å². The first-order chi connectivity index (χ1) is 8.20. The number of phenolic OH excluding ortho intramolecular Hbond substituents is 1. The zero-order valence-electron chi connectivity index (χ0n) is 10.6. The fraction of sp³-hybridized carbons (Fsp3) is 0.571. The lowest BCUT2D eigenvalue weighted by molar-refractivity contribution is 0.0739. The molecule has 0 amide bonds. The fourth-order valence-corrected chi connectivity index (χ4v) is 2.47. The van der Waals surface area contributed by atoms with E-state index in [0.29, 0.717) is 11.8 Å². The summed E-state index contributed by atoms with van der Waals surface area (Å²) in [6.07, 6.45) is 2.41. The highest BCUT2D eigenvalue weighted by atomic mass is 16.5. The third-order valence-corrected chi connectivity index (χ3v) is 3.31. The van der Waals surface area contributed by atoms with E-state index in [0.717, 1.165) is 26.0 Å². The monoisotopic (exact) mass is 235 g/mol. The van der Waals surface area contributed by atoms with Crippen molar-refractivity contribution >= 4 is 0 Å². The van der Waals surface area contributed by atoms with Crippen molar-refractivity contribution in [1.29, 1.82) is 0 Å². The number of ether oxygens (including phenoxy) is 1. The molecule has 1 aromatic carbocycles. The molecule has 2 unspecified atom stereocenters. The highest BCUT2D eigenvalue weighted by Gasteiger charge is 2.22. The molecule has 2 atom stereocenters. The van der Waals surface area contributed by atoms with Crippen molar-refractivity contribution in [1.82, 2.24) is 5.32 Å². The van der Waals surface area contributed by atoms with Crippen LogP contribution in [0.4, 0.5) is 0 Å². The Bertz CT molecular complexity index is 378. The SMILES string of the molecule is CCOC(C)CNC1CCc2cc(O)ccc21. The van der Waals surface area contributed by atoms with Crippen LogP contribution >= 0.6 is 0 Å². The zero-order valence-corrected chi connectivity index (χ0v) is 10.6. The van der Waals surface area contributed by atoms with Crippen molar-refractivity contribution in [3.8, 4) is 5.75 Å². The summed E-state index contributed by atoms with van der Waals surface area (Å²) < 4.78 is 5.51. The molecule has 1 aliphatic carbocycles. The molecule has 0 saturated carbocycles. The molecular formula is C14H21NO2. The van der Waals surface area contributed by atoms with Crippen molar-refractivity contribution in [3.05, 3.63) is 29.3 Å². The Balaban J connectivity index is 1.93. The minimum Gasteiger partial charge on any atom is -0.508 e. The molecule has 0 aromatic heterocycles. The second-order valence-corrected chi connectivity index (χ2v) is 4.65. The van der Waals surface area contributed by atoms with Crippen LogP contribution in [0.25, 0.3) is 0 Å². The number of aryl methyl sites for hydroxylation is 1. The highest BCUT2D eigenvalue weighted by molar-refractivity contribution is 5.39. The number of hydrogen-bond donors (Lipinski definition) is 2. The molecule has 0 bridgehead atoms. The van der Waals surface area contributed by atoms with Gasteiger partial charge in [0.05, 0.1) is 6.10 Å². The lowest BCUT2D eigenvalue weighted by Gasteiger charge is -2.18. The van der Waals surface area contributed by atoms with Crippen LogP contribution in [0.15, 0.2) is 18.2 Å². The molecule has 3 heteroatoms. The maximum atomic E-state index is 9.43. The van der Waals surface area contributed by atoms with Gasteiger partial charge < -0.3 is 15.2 Å². The van der Waals surface area contributed by atoms with E-state index in [2.05, 4.69) is 12.2 Å². The van der Waals surface area contributed by atoms with E-state index in [4.69, 9.17) is 4.74 Å². The molecule has 94 valence electrons. The van der Waals surface area contributed by atoms with E-state index >= 15 is 0 Å². The molecule has 0 aliphatic heterocycles.